The number of carbonyl (C=O) groups is 1. The molecule has 0 aliphatic carbocycles. The molecule has 20 heavy (non-hydrogen) atoms. The van der Waals surface area contributed by atoms with E-state index in [4.69, 9.17) is 4.74 Å². The second kappa shape index (κ2) is 6.57. The monoisotopic (exact) mass is 275 g/mol. The molecule has 0 aromatic heterocycles. The molecular formula is C16H21NO3. The average Bonchev–Trinajstić information content (AvgIpc) is 2.43. The molecule has 1 atom stereocenters. The van der Waals surface area contributed by atoms with Crippen molar-refractivity contribution in [3.8, 4) is 0 Å². The molecule has 2 rings (SSSR count). The fourth-order valence-electron chi connectivity index (χ4n) is 2.30. The van der Waals surface area contributed by atoms with Crippen molar-refractivity contribution in [3.63, 3.8) is 0 Å². The highest BCUT2D eigenvalue weighted by Crippen LogP contribution is 2.24. The summed E-state index contributed by atoms with van der Waals surface area (Å²) in [5.41, 5.74) is 0.160. The molecule has 1 aromatic rings. The summed E-state index contributed by atoms with van der Waals surface area (Å²) in [4.78, 5) is 13.6. The Kier molecular flexibility index (Phi) is 4.79. The first-order valence-corrected chi connectivity index (χ1v) is 6.97. The normalized spacial score (nSPS) is 21.8. The van der Waals surface area contributed by atoms with E-state index in [0.29, 0.717) is 13.0 Å². The van der Waals surface area contributed by atoms with Gasteiger partial charge in [-0.15, -0.1) is 0 Å². The summed E-state index contributed by atoms with van der Waals surface area (Å²) in [6, 6.07) is 10.2. The van der Waals surface area contributed by atoms with Crippen LogP contribution in [-0.4, -0.2) is 34.7 Å². The summed E-state index contributed by atoms with van der Waals surface area (Å²) in [7, 11) is 0. The first-order chi connectivity index (χ1) is 9.61. The van der Waals surface area contributed by atoms with Crippen molar-refractivity contribution in [1.82, 2.24) is 4.90 Å². The van der Waals surface area contributed by atoms with E-state index in [0.717, 1.165) is 13.1 Å². The molecule has 4 nitrogen and oxygen atoms in total. The number of aliphatic hydroxyl groups is 1. The molecule has 0 radical (unpaired) electrons. The van der Waals surface area contributed by atoms with Crippen LogP contribution in [-0.2, 0) is 16.1 Å². The van der Waals surface area contributed by atoms with Crippen LogP contribution >= 0.6 is 0 Å². The quantitative estimate of drug-likeness (QED) is 0.836. The Morgan fingerprint density at radius 2 is 2.15 bits per heavy atom. The lowest BCUT2D eigenvalue weighted by Crippen LogP contribution is -2.38. The Labute approximate surface area is 119 Å². The molecule has 1 N–H and O–H groups in total. The maximum atomic E-state index is 11.5. The van der Waals surface area contributed by atoms with E-state index in [-0.39, 0.29) is 12.4 Å². The Bertz CT molecular complexity index is 472. The van der Waals surface area contributed by atoms with Gasteiger partial charge in [-0.05, 0) is 31.2 Å². The van der Waals surface area contributed by atoms with Gasteiger partial charge < -0.3 is 14.7 Å². The number of carbonyl (C=O) groups excluding carboxylic acids is 1. The summed E-state index contributed by atoms with van der Waals surface area (Å²) in [5, 5.41) is 10.3. The Hall–Kier alpha value is -1.81. The molecule has 1 aliphatic heterocycles. The van der Waals surface area contributed by atoms with Crippen molar-refractivity contribution in [2.24, 2.45) is 0 Å². The smallest absolute Gasteiger partial charge is 0.309 e. The van der Waals surface area contributed by atoms with Crippen LogP contribution in [0.4, 0.5) is 0 Å². The van der Waals surface area contributed by atoms with Gasteiger partial charge in [-0.25, -0.2) is 0 Å². The zero-order valence-electron chi connectivity index (χ0n) is 11.8. The Morgan fingerprint density at radius 1 is 1.40 bits per heavy atom. The van der Waals surface area contributed by atoms with Gasteiger partial charge in [0.1, 0.15) is 0 Å². The minimum Gasteiger partial charge on any atom is -0.466 e. The standard InChI is InChI=1S/C16H21NO3/c1-2-20-15(18)12-16(19)8-10-17(11-9-16)13-14-6-4-3-5-7-14/h3-8,10,19H,2,9,11-13H2,1H3. The SMILES string of the molecule is CCOC(=O)CC1(O)C=CN(Cc2ccccc2)CC1. The zero-order valence-corrected chi connectivity index (χ0v) is 11.8. The van der Waals surface area contributed by atoms with E-state index in [1.807, 2.05) is 24.4 Å². The highest BCUT2D eigenvalue weighted by molar-refractivity contribution is 5.71. The van der Waals surface area contributed by atoms with E-state index < -0.39 is 5.60 Å². The second-order valence-electron chi connectivity index (χ2n) is 5.11. The average molecular weight is 275 g/mol. The molecule has 0 bridgehead atoms. The van der Waals surface area contributed by atoms with Crippen LogP contribution in [0.15, 0.2) is 42.6 Å². The summed E-state index contributed by atoms with van der Waals surface area (Å²) >= 11 is 0. The molecule has 1 aromatic carbocycles. The van der Waals surface area contributed by atoms with Crippen molar-refractivity contribution in [1.29, 1.82) is 0 Å². The van der Waals surface area contributed by atoms with Crippen LogP contribution in [0.1, 0.15) is 25.3 Å². The van der Waals surface area contributed by atoms with E-state index in [2.05, 4.69) is 17.0 Å². The van der Waals surface area contributed by atoms with Crippen molar-refractivity contribution < 1.29 is 14.6 Å². The minimum atomic E-state index is -1.07. The number of hydrogen-bond donors (Lipinski definition) is 1. The summed E-state index contributed by atoms with van der Waals surface area (Å²) in [5.74, 6) is -0.351. The fourth-order valence-corrected chi connectivity index (χ4v) is 2.30. The third-order valence-corrected chi connectivity index (χ3v) is 3.41. The number of rotatable bonds is 5. The van der Waals surface area contributed by atoms with E-state index in [9.17, 15) is 9.90 Å². The molecule has 0 spiro atoms. The van der Waals surface area contributed by atoms with Crippen LogP contribution in [0.5, 0.6) is 0 Å². The number of benzene rings is 1. The first-order valence-electron chi connectivity index (χ1n) is 6.97. The van der Waals surface area contributed by atoms with Crippen LogP contribution < -0.4 is 0 Å². The Morgan fingerprint density at radius 3 is 2.75 bits per heavy atom. The second-order valence-corrected chi connectivity index (χ2v) is 5.11. The van der Waals surface area contributed by atoms with Gasteiger partial charge >= 0.3 is 5.97 Å². The molecule has 0 fully saturated rings. The van der Waals surface area contributed by atoms with Crippen LogP contribution in [0.25, 0.3) is 0 Å². The Balaban J connectivity index is 1.91. The van der Waals surface area contributed by atoms with Gasteiger partial charge in [-0.2, -0.15) is 0 Å². The summed E-state index contributed by atoms with van der Waals surface area (Å²) < 4.78 is 4.89. The molecule has 1 heterocycles. The molecule has 0 amide bonds. The lowest BCUT2D eigenvalue weighted by molar-refractivity contribution is -0.147. The van der Waals surface area contributed by atoms with Crippen molar-refractivity contribution in [2.75, 3.05) is 13.2 Å². The minimum absolute atomic E-state index is 0.0243. The fraction of sp³-hybridized carbons (Fsp3) is 0.438. The van der Waals surface area contributed by atoms with Gasteiger partial charge in [-0.3, -0.25) is 4.79 Å². The lowest BCUT2D eigenvalue weighted by Gasteiger charge is -2.33. The molecule has 0 saturated carbocycles. The van der Waals surface area contributed by atoms with Crippen molar-refractivity contribution in [3.05, 3.63) is 48.2 Å². The van der Waals surface area contributed by atoms with Gasteiger partial charge in [0, 0.05) is 13.1 Å². The molecule has 4 heteroatoms. The predicted molar refractivity (Wildman–Crippen MR) is 76.8 cm³/mol. The molecule has 1 aliphatic rings. The van der Waals surface area contributed by atoms with Gasteiger partial charge in [0.25, 0.3) is 0 Å². The largest absolute Gasteiger partial charge is 0.466 e. The van der Waals surface area contributed by atoms with Crippen molar-refractivity contribution in [2.45, 2.75) is 31.9 Å². The highest BCUT2D eigenvalue weighted by atomic mass is 16.5. The van der Waals surface area contributed by atoms with Gasteiger partial charge in [0.2, 0.25) is 0 Å². The summed E-state index contributed by atoms with van der Waals surface area (Å²) in [6.07, 6.45) is 4.14. The van der Waals surface area contributed by atoms with Crippen LogP contribution in [0.2, 0.25) is 0 Å². The van der Waals surface area contributed by atoms with Gasteiger partial charge in [0.15, 0.2) is 0 Å². The van der Waals surface area contributed by atoms with Gasteiger partial charge in [0.05, 0.1) is 18.6 Å². The van der Waals surface area contributed by atoms with Crippen molar-refractivity contribution >= 4 is 5.97 Å². The maximum Gasteiger partial charge on any atom is 0.309 e. The van der Waals surface area contributed by atoms with E-state index >= 15 is 0 Å². The lowest BCUT2D eigenvalue weighted by atomic mass is 9.93. The zero-order chi connectivity index (χ0) is 14.4. The predicted octanol–water partition coefficient (Wildman–Crippen LogP) is 2.09. The summed E-state index contributed by atoms with van der Waals surface area (Å²) in [6.45, 7) is 3.65. The van der Waals surface area contributed by atoms with E-state index in [1.165, 1.54) is 5.56 Å². The third-order valence-electron chi connectivity index (χ3n) is 3.41. The molecule has 108 valence electrons. The topological polar surface area (TPSA) is 49.8 Å². The first kappa shape index (κ1) is 14.6. The number of esters is 1. The van der Waals surface area contributed by atoms with Crippen LogP contribution in [0.3, 0.4) is 0 Å². The third kappa shape index (κ3) is 4.10. The number of hydrogen-bond acceptors (Lipinski definition) is 4. The van der Waals surface area contributed by atoms with E-state index in [1.54, 1.807) is 13.0 Å². The molecule has 0 saturated heterocycles. The molecular weight excluding hydrogens is 254 g/mol. The van der Waals surface area contributed by atoms with Crippen LogP contribution in [0, 0.1) is 0 Å². The number of nitrogens with zero attached hydrogens (tertiary/aromatic N) is 1. The number of ether oxygens (including phenoxy) is 1. The highest BCUT2D eigenvalue weighted by Gasteiger charge is 2.31. The maximum absolute atomic E-state index is 11.5. The van der Waals surface area contributed by atoms with Gasteiger partial charge in [-0.1, -0.05) is 30.3 Å². The molecule has 1 unspecified atom stereocenters.